The molecule has 3 nitrogen and oxygen atoms in total. The van der Waals surface area contributed by atoms with Crippen molar-refractivity contribution in [2.75, 3.05) is 14.2 Å². The minimum absolute atomic E-state index is 0.541. The maximum absolute atomic E-state index is 10.9. The lowest BCUT2D eigenvalue weighted by molar-refractivity contribution is -0.0197. The molecule has 3 heteroatoms. The Bertz CT molecular complexity index is 416. The number of hydrogen-bond acceptors (Lipinski definition) is 3. The molecule has 1 N–H and O–H groups in total. The first kappa shape index (κ1) is 13.2. The van der Waals surface area contributed by atoms with E-state index in [2.05, 4.69) is 6.92 Å². The number of methoxy groups -OCH3 is 2. The summed E-state index contributed by atoms with van der Waals surface area (Å²) in [7, 11) is 3.28. The fourth-order valence-corrected chi connectivity index (χ4v) is 2.95. The molecule has 100 valence electrons. The Morgan fingerprint density at radius 1 is 1.28 bits per heavy atom. The summed E-state index contributed by atoms with van der Waals surface area (Å²) >= 11 is 0. The smallest absolute Gasteiger partial charge is 0.125 e. The number of rotatable bonds is 3. The Kier molecular flexibility index (Phi) is 3.81. The van der Waals surface area contributed by atoms with Gasteiger partial charge in [0.25, 0.3) is 0 Å². The quantitative estimate of drug-likeness (QED) is 0.896. The summed E-state index contributed by atoms with van der Waals surface area (Å²) < 4.78 is 10.6. The van der Waals surface area contributed by atoms with E-state index in [0.717, 1.165) is 36.3 Å². The highest BCUT2D eigenvalue weighted by molar-refractivity contribution is 5.44. The molecule has 2 rings (SSSR count). The average molecular weight is 250 g/mol. The summed E-state index contributed by atoms with van der Waals surface area (Å²) in [6.45, 7) is 2.19. The van der Waals surface area contributed by atoms with Crippen LogP contribution in [0.4, 0.5) is 0 Å². The van der Waals surface area contributed by atoms with Crippen LogP contribution in [0.3, 0.4) is 0 Å². The Morgan fingerprint density at radius 2 is 2.06 bits per heavy atom. The lowest BCUT2D eigenvalue weighted by atomic mass is 9.75. The lowest BCUT2D eigenvalue weighted by Gasteiger charge is -2.36. The van der Waals surface area contributed by atoms with Gasteiger partial charge in [-0.2, -0.15) is 0 Å². The molecule has 1 saturated carbocycles. The van der Waals surface area contributed by atoms with Crippen molar-refractivity contribution >= 4 is 0 Å². The summed E-state index contributed by atoms with van der Waals surface area (Å²) in [5.74, 6) is 2.05. The third kappa shape index (κ3) is 2.46. The third-order valence-electron chi connectivity index (χ3n) is 3.88. The molecule has 2 unspecified atom stereocenters. The normalized spacial score (nSPS) is 27.9. The van der Waals surface area contributed by atoms with Gasteiger partial charge in [-0.3, -0.25) is 0 Å². The largest absolute Gasteiger partial charge is 0.497 e. The lowest BCUT2D eigenvalue weighted by Crippen LogP contribution is -2.32. The SMILES string of the molecule is COc1ccc(OC)c(C2(O)CCCC(C)C2)c1. The van der Waals surface area contributed by atoms with Crippen molar-refractivity contribution in [2.24, 2.45) is 5.92 Å². The molecule has 1 aromatic carbocycles. The van der Waals surface area contributed by atoms with E-state index >= 15 is 0 Å². The molecule has 1 aliphatic carbocycles. The topological polar surface area (TPSA) is 38.7 Å². The second kappa shape index (κ2) is 5.19. The molecule has 18 heavy (non-hydrogen) atoms. The minimum atomic E-state index is -0.780. The van der Waals surface area contributed by atoms with Gasteiger partial charge in [-0.05, 0) is 43.4 Å². The van der Waals surface area contributed by atoms with Gasteiger partial charge in [-0.25, -0.2) is 0 Å². The zero-order valence-corrected chi connectivity index (χ0v) is 11.4. The summed E-state index contributed by atoms with van der Waals surface area (Å²) in [5.41, 5.74) is 0.0771. The molecule has 0 aromatic heterocycles. The van der Waals surface area contributed by atoms with E-state index in [-0.39, 0.29) is 0 Å². The molecule has 2 atom stereocenters. The van der Waals surface area contributed by atoms with Crippen molar-refractivity contribution in [3.63, 3.8) is 0 Å². The second-order valence-corrected chi connectivity index (χ2v) is 5.30. The summed E-state index contributed by atoms with van der Waals surface area (Å²) in [4.78, 5) is 0. The Morgan fingerprint density at radius 3 is 2.67 bits per heavy atom. The van der Waals surface area contributed by atoms with E-state index in [0.29, 0.717) is 5.92 Å². The van der Waals surface area contributed by atoms with Crippen LogP contribution in [0, 0.1) is 5.92 Å². The molecule has 0 heterocycles. The van der Waals surface area contributed by atoms with Crippen LogP contribution in [0.15, 0.2) is 18.2 Å². The minimum Gasteiger partial charge on any atom is -0.497 e. The maximum atomic E-state index is 10.9. The average Bonchev–Trinajstić information content (AvgIpc) is 2.37. The first-order valence-corrected chi connectivity index (χ1v) is 6.54. The van der Waals surface area contributed by atoms with Crippen molar-refractivity contribution in [3.8, 4) is 11.5 Å². The van der Waals surface area contributed by atoms with Crippen molar-refractivity contribution in [3.05, 3.63) is 23.8 Å². The van der Waals surface area contributed by atoms with Crippen LogP contribution in [0.2, 0.25) is 0 Å². The van der Waals surface area contributed by atoms with Gasteiger partial charge in [0.05, 0.1) is 19.8 Å². The van der Waals surface area contributed by atoms with E-state index < -0.39 is 5.60 Å². The van der Waals surface area contributed by atoms with E-state index in [1.54, 1.807) is 14.2 Å². The predicted octanol–water partition coefficient (Wildman–Crippen LogP) is 3.10. The molecule has 0 amide bonds. The highest BCUT2D eigenvalue weighted by Crippen LogP contribution is 2.44. The van der Waals surface area contributed by atoms with E-state index in [1.807, 2.05) is 18.2 Å². The standard InChI is InChI=1S/C15H22O3/c1-11-5-4-8-15(16,10-11)13-9-12(17-2)6-7-14(13)18-3/h6-7,9,11,16H,4-5,8,10H2,1-3H3. The van der Waals surface area contributed by atoms with Crippen LogP contribution in [-0.2, 0) is 5.60 Å². The highest BCUT2D eigenvalue weighted by atomic mass is 16.5. The van der Waals surface area contributed by atoms with E-state index in [4.69, 9.17) is 9.47 Å². The summed E-state index contributed by atoms with van der Waals surface area (Å²) in [6.07, 6.45) is 3.82. The molecular formula is C15H22O3. The summed E-state index contributed by atoms with van der Waals surface area (Å²) in [6, 6.07) is 5.63. The molecule has 0 spiro atoms. The van der Waals surface area contributed by atoms with Crippen LogP contribution < -0.4 is 9.47 Å². The van der Waals surface area contributed by atoms with Crippen LogP contribution >= 0.6 is 0 Å². The monoisotopic (exact) mass is 250 g/mol. The zero-order chi connectivity index (χ0) is 13.2. The van der Waals surface area contributed by atoms with Crippen molar-refractivity contribution in [2.45, 2.75) is 38.2 Å². The van der Waals surface area contributed by atoms with E-state index in [9.17, 15) is 5.11 Å². The molecule has 1 aliphatic rings. The summed E-state index contributed by atoms with van der Waals surface area (Å²) in [5, 5.41) is 10.9. The number of hydrogen-bond donors (Lipinski definition) is 1. The van der Waals surface area contributed by atoms with Gasteiger partial charge in [-0.1, -0.05) is 13.3 Å². The second-order valence-electron chi connectivity index (χ2n) is 5.30. The van der Waals surface area contributed by atoms with Gasteiger partial charge in [0, 0.05) is 5.56 Å². The molecule has 0 bridgehead atoms. The van der Waals surface area contributed by atoms with Gasteiger partial charge < -0.3 is 14.6 Å². The number of aliphatic hydroxyl groups is 1. The van der Waals surface area contributed by atoms with Crippen LogP contribution in [0.1, 0.15) is 38.2 Å². The van der Waals surface area contributed by atoms with Crippen molar-refractivity contribution in [1.82, 2.24) is 0 Å². The highest BCUT2D eigenvalue weighted by Gasteiger charge is 2.36. The van der Waals surface area contributed by atoms with Crippen LogP contribution in [0.5, 0.6) is 11.5 Å². The Labute approximate surface area is 109 Å². The van der Waals surface area contributed by atoms with Crippen molar-refractivity contribution in [1.29, 1.82) is 0 Å². The molecular weight excluding hydrogens is 228 g/mol. The molecule has 0 saturated heterocycles. The molecule has 0 aliphatic heterocycles. The predicted molar refractivity (Wildman–Crippen MR) is 71.1 cm³/mol. The van der Waals surface area contributed by atoms with Gasteiger partial charge in [0.15, 0.2) is 0 Å². The van der Waals surface area contributed by atoms with Crippen LogP contribution in [-0.4, -0.2) is 19.3 Å². The fraction of sp³-hybridized carbons (Fsp3) is 0.600. The Balaban J connectivity index is 2.40. The maximum Gasteiger partial charge on any atom is 0.125 e. The van der Waals surface area contributed by atoms with Crippen LogP contribution in [0.25, 0.3) is 0 Å². The van der Waals surface area contributed by atoms with Gasteiger partial charge in [-0.15, -0.1) is 0 Å². The first-order valence-electron chi connectivity index (χ1n) is 6.54. The number of benzene rings is 1. The third-order valence-corrected chi connectivity index (χ3v) is 3.88. The van der Waals surface area contributed by atoms with Gasteiger partial charge >= 0.3 is 0 Å². The van der Waals surface area contributed by atoms with Gasteiger partial charge in [0.2, 0.25) is 0 Å². The molecule has 1 fully saturated rings. The van der Waals surface area contributed by atoms with Gasteiger partial charge in [0.1, 0.15) is 11.5 Å². The van der Waals surface area contributed by atoms with Crippen molar-refractivity contribution < 1.29 is 14.6 Å². The van der Waals surface area contributed by atoms with E-state index in [1.165, 1.54) is 6.42 Å². The first-order chi connectivity index (χ1) is 8.59. The molecule has 0 radical (unpaired) electrons. The molecule has 1 aromatic rings. The zero-order valence-electron chi connectivity index (χ0n) is 11.4. The number of ether oxygens (including phenoxy) is 2. The Hall–Kier alpha value is -1.22. The fourth-order valence-electron chi connectivity index (χ4n) is 2.95.